The summed E-state index contributed by atoms with van der Waals surface area (Å²) in [7, 11) is 0. The SMILES string of the molecule is [C-]#[N+]c1cccc(C(ON)c2ccccn2)c1. The number of nitrogens with two attached hydrogens (primary N) is 1. The molecule has 1 aromatic heterocycles. The quantitative estimate of drug-likeness (QED) is 0.645. The standard InChI is InChI=1S/C13H11N3O/c1-15-11-6-4-5-10(9-11)13(17-14)12-7-2-3-8-16-12/h2-9,13H,14H2. The number of nitrogens with zero attached hydrogens (tertiary/aromatic N) is 2. The van der Waals surface area contributed by atoms with Crippen molar-refractivity contribution in [2.75, 3.05) is 0 Å². The Labute approximate surface area is 99.4 Å². The average Bonchev–Trinajstić information content (AvgIpc) is 2.41. The third-order valence-electron chi connectivity index (χ3n) is 2.39. The van der Waals surface area contributed by atoms with Crippen LogP contribution in [0.1, 0.15) is 17.4 Å². The lowest BCUT2D eigenvalue weighted by Gasteiger charge is -2.14. The Morgan fingerprint density at radius 3 is 2.76 bits per heavy atom. The Hall–Kier alpha value is -2.22. The van der Waals surface area contributed by atoms with E-state index in [1.165, 1.54) is 0 Å². The first kappa shape index (κ1) is 11.3. The van der Waals surface area contributed by atoms with E-state index in [1.807, 2.05) is 24.3 Å². The van der Waals surface area contributed by atoms with Gasteiger partial charge in [0.15, 0.2) is 5.69 Å². The maximum absolute atomic E-state index is 6.98. The second-order valence-electron chi connectivity index (χ2n) is 3.48. The topological polar surface area (TPSA) is 52.5 Å². The van der Waals surface area contributed by atoms with Gasteiger partial charge in [0.2, 0.25) is 0 Å². The van der Waals surface area contributed by atoms with Gasteiger partial charge in [0, 0.05) is 6.20 Å². The van der Waals surface area contributed by atoms with Crippen molar-refractivity contribution in [1.82, 2.24) is 4.98 Å². The highest BCUT2D eigenvalue weighted by atomic mass is 16.6. The molecule has 17 heavy (non-hydrogen) atoms. The molecule has 0 aliphatic carbocycles. The van der Waals surface area contributed by atoms with Crippen LogP contribution in [0, 0.1) is 6.57 Å². The molecule has 2 rings (SSSR count). The van der Waals surface area contributed by atoms with Crippen LogP contribution >= 0.6 is 0 Å². The monoisotopic (exact) mass is 225 g/mol. The molecule has 2 N–H and O–H groups in total. The highest BCUT2D eigenvalue weighted by Gasteiger charge is 2.15. The summed E-state index contributed by atoms with van der Waals surface area (Å²) in [6, 6.07) is 12.7. The summed E-state index contributed by atoms with van der Waals surface area (Å²) >= 11 is 0. The first-order valence-electron chi connectivity index (χ1n) is 5.09. The van der Waals surface area contributed by atoms with Crippen LogP contribution in [0.2, 0.25) is 0 Å². The van der Waals surface area contributed by atoms with Gasteiger partial charge in [-0.3, -0.25) is 9.82 Å². The molecule has 1 heterocycles. The number of hydrogen-bond acceptors (Lipinski definition) is 3. The van der Waals surface area contributed by atoms with E-state index in [4.69, 9.17) is 17.3 Å². The van der Waals surface area contributed by atoms with Crippen molar-refractivity contribution in [2.24, 2.45) is 5.90 Å². The molecule has 4 nitrogen and oxygen atoms in total. The van der Waals surface area contributed by atoms with Gasteiger partial charge in [-0.2, -0.15) is 0 Å². The minimum Gasteiger partial charge on any atom is -0.290 e. The Kier molecular flexibility index (Phi) is 3.46. The maximum atomic E-state index is 6.98. The van der Waals surface area contributed by atoms with Crippen molar-refractivity contribution in [1.29, 1.82) is 0 Å². The lowest BCUT2D eigenvalue weighted by atomic mass is 10.1. The lowest BCUT2D eigenvalue weighted by Crippen LogP contribution is -2.11. The molecule has 1 aromatic carbocycles. The molecule has 0 saturated heterocycles. The fourth-order valence-corrected chi connectivity index (χ4v) is 1.61. The minimum atomic E-state index is -0.446. The third kappa shape index (κ3) is 2.48. The van der Waals surface area contributed by atoms with Gasteiger partial charge in [0.25, 0.3) is 0 Å². The molecular weight excluding hydrogens is 214 g/mol. The van der Waals surface area contributed by atoms with Crippen molar-refractivity contribution >= 4 is 5.69 Å². The molecule has 84 valence electrons. The summed E-state index contributed by atoms with van der Waals surface area (Å²) in [5.74, 6) is 5.31. The molecule has 2 aromatic rings. The van der Waals surface area contributed by atoms with Crippen molar-refractivity contribution < 1.29 is 4.84 Å². The van der Waals surface area contributed by atoms with Crippen molar-refractivity contribution in [3.63, 3.8) is 0 Å². The molecule has 0 saturated carbocycles. The molecule has 0 amide bonds. The summed E-state index contributed by atoms with van der Waals surface area (Å²) < 4.78 is 0. The molecule has 0 fully saturated rings. The van der Waals surface area contributed by atoms with Gasteiger partial charge in [-0.25, -0.2) is 10.7 Å². The van der Waals surface area contributed by atoms with Gasteiger partial charge in [0.05, 0.1) is 12.3 Å². The number of pyridine rings is 1. The Morgan fingerprint density at radius 1 is 1.24 bits per heavy atom. The fourth-order valence-electron chi connectivity index (χ4n) is 1.61. The zero-order valence-corrected chi connectivity index (χ0v) is 9.08. The summed E-state index contributed by atoms with van der Waals surface area (Å²) in [6.45, 7) is 6.98. The van der Waals surface area contributed by atoms with E-state index >= 15 is 0 Å². The van der Waals surface area contributed by atoms with E-state index in [2.05, 4.69) is 9.83 Å². The minimum absolute atomic E-state index is 0.446. The summed E-state index contributed by atoms with van der Waals surface area (Å²) in [5.41, 5.74) is 2.09. The van der Waals surface area contributed by atoms with Crippen LogP contribution in [0.5, 0.6) is 0 Å². The lowest BCUT2D eigenvalue weighted by molar-refractivity contribution is 0.0785. The molecular formula is C13H11N3O. The highest BCUT2D eigenvalue weighted by molar-refractivity contribution is 5.48. The molecule has 4 heteroatoms. The third-order valence-corrected chi connectivity index (χ3v) is 2.39. The zero-order valence-electron chi connectivity index (χ0n) is 9.08. The van der Waals surface area contributed by atoms with Gasteiger partial charge < -0.3 is 0 Å². The first-order valence-corrected chi connectivity index (χ1v) is 5.09. The molecule has 0 spiro atoms. The van der Waals surface area contributed by atoms with Gasteiger partial charge in [-0.15, -0.1) is 0 Å². The van der Waals surface area contributed by atoms with E-state index < -0.39 is 6.10 Å². The van der Waals surface area contributed by atoms with Crippen molar-refractivity contribution in [3.8, 4) is 0 Å². The number of aromatic nitrogens is 1. The van der Waals surface area contributed by atoms with Crippen LogP contribution in [0.15, 0.2) is 48.7 Å². The molecule has 1 unspecified atom stereocenters. The first-order chi connectivity index (χ1) is 8.35. The molecule has 0 radical (unpaired) electrons. The van der Waals surface area contributed by atoms with Crippen LogP contribution in [0.3, 0.4) is 0 Å². The van der Waals surface area contributed by atoms with Crippen LogP contribution < -0.4 is 5.90 Å². The van der Waals surface area contributed by atoms with Gasteiger partial charge in [0.1, 0.15) is 6.10 Å². The van der Waals surface area contributed by atoms with E-state index in [1.54, 1.807) is 24.4 Å². The van der Waals surface area contributed by atoms with Crippen molar-refractivity contribution in [2.45, 2.75) is 6.10 Å². The molecule has 0 aliphatic rings. The fraction of sp³-hybridized carbons (Fsp3) is 0.0769. The van der Waals surface area contributed by atoms with Gasteiger partial charge in [-0.1, -0.05) is 30.3 Å². The normalized spacial score (nSPS) is 11.8. The summed E-state index contributed by atoms with van der Waals surface area (Å²) in [6.07, 6.45) is 1.23. The second kappa shape index (κ2) is 5.21. The van der Waals surface area contributed by atoms with Crippen LogP contribution in [0.25, 0.3) is 4.85 Å². The van der Waals surface area contributed by atoms with E-state index in [-0.39, 0.29) is 0 Å². The smallest absolute Gasteiger partial charge is 0.187 e. The molecule has 1 atom stereocenters. The molecule has 0 aliphatic heterocycles. The van der Waals surface area contributed by atoms with Crippen LogP contribution in [-0.4, -0.2) is 4.98 Å². The maximum Gasteiger partial charge on any atom is 0.187 e. The number of benzene rings is 1. The summed E-state index contributed by atoms with van der Waals surface area (Å²) in [5, 5.41) is 0. The van der Waals surface area contributed by atoms with Gasteiger partial charge in [-0.05, 0) is 17.7 Å². The van der Waals surface area contributed by atoms with E-state index in [9.17, 15) is 0 Å². The molecule has 0 bridgehead atoms. The Bertz CT molecular complexity index is 534. The van der Waals surface area contributed by atoms with Crippen molar-refractivity contribution in [3.05, 3.63) is 71.3 Å². The number of rotatable bonds is 3. The Morgan fingerprint density at radius 2 is 2.12 bits per heavy atom. The number of hydrogen-bond donors (Lipinski definition) is 1. The van der Waals surface area contributed by atoms with Crippen LogP contribution in [-0.2, 0) is 4.84 Å². The largest absolute Gasteiger partial charge is 0.290 e. The zero-order chi connectivity index (χ0) is 12.1. The summed E-state index contributed by atoms with van der Waals surface area (Å²) in [4.78, 5) is 12.5. The second-order valence-corrected chi connectivity index (χ2v) is 3.48. The van der Waals surface area contributed by atoms with E-state index in [0.29, 0.717) is 5.69 Å². The highest BCUT2D eigenvalue weighted by Crippen LogP contribution is 2.25. The van der Waals surface area contributed by atoms with E-state index in [0.717, 1.165) is 11.3 Å². The van der Waals surface area contributed by atoms with Crippen LogP contribution in [0.4, 0.5) is 5.69 Å². The predicted molar refractivity (Wildman–Crippen MR) is 64.1 cm³/mol. The van der Waals surface area contributed by atoms with Gasteiger partial charge >= 0.3 is 0 Å². The average molecular weight is 225 g/mol. The Balaban J connectivity index is 2.39. The predicted octanol–water partition coefficient (Wildman–Crippen LogP) is 2.61.